The quantitative estimate of drug-likeness (QED) is 0.929. The third-order valence-corrected chi connectivity index (χ3v) is 4.10. The van der Waals surface area contributed by atoms with Crippen molar-refractivity contribution in [2.45, 2.75) is 18.6 Å². The van der Waals surface area contributed by atoms with E-state index < -0.39 is 23.7 Å². The van der Waals surface area contributed by atoms with Gasteiger partial charge in [-0.05, 0) is 24.3 Å². The molecule has 2 heterocycles. The molecule has 126 valence electrons. The Morgan fingerprint density at radius 1 is 1.29 bits per heavy atom. The van der Waals surface area contributed by atoms with Crippen molar-refractivity contribution in [3.8, 4) is 11.3 Å². The van der Waals surface area contributed by atoms with Crippen LogP contribution in [0.15, 0.2) is 40.8 Å². The number of rotatable bonds is 4. The first kappa shape index (κ1) is 16.2. The van der Waals surface area contributed by atoms with E-state index in [1.165, 1.54) is 30.2 Å². The molecular formula is C17H16FNO5. The average Bonchev–Trinajstić information content (AvgIpc) is 3.22. The number of carboxylic acids is 1. The first-order chi connectivity index (χ1) is 11.5. The predicted octanol–water partition coefficient (Wildman–Crippen LogP) is 2.40. The van der Waals surface area contributed by atoms with Crippen LogP contribution in [0.5, 0.6) is 0 Å². The van der Waals surface area contributed by atoms with Crippen LogP contribution < -0.4 is 0 Å². The van der Waals surface area contributed by atoms with Crippen LogP contribution in [-0.2, 0) is 9.53 Å². The average molecular weight is 333 g/mol. The molecule has 1 saturated heterocycles. The van der Waals surface area contributed by atoms with Gasteiger partial charge in [0.05, 0.1) is 11.7 Å². The number of methoxy groups -OCH3 is 1. The van der Waals surface area contributed by atoms with Gasteiger partial charge in [-0.25, -0.2) is 9.18 Å². The summed E-state index contributed by atoms with van der Waals surface area (Å²) in [4.78, 5) is 25.1. The van der Waals surface area contributed by atoms with Crippen LogP contribution >= 0.6 is 0 Å². The molecule has 7 heteroatoms. The molecule has 1 N–H and O–H groups in total. The number of carbonyl (C=O) groups excluding carboxylic acids is 1. The van der Waals surface area contributed by atoms with Crippen LogP contribution in [0.25, 0.3) is 11.3 Å². The normalized spacial score (nSPS) is 20.3. The highest BCUT2D eigenvalue weighted by Gasteiger charge is 2.41. The molecule has 24 heavy (non-hydrogen) atoms. The Morgan fingerprint density at radius 2 is 2.04 bits per heavy atom. The minimum absolute atomic E-state index is 0.0312. The number of halogens is 1. The molecule has 1 aliphatic rings. The molecule has 0 aliphatic carbocycles. The number of likely N-dealkylation sites (tertiary alicyclic amines) is 1. The highest BCUT2D eigenvalue weighted by Crippen LogP contribution is 2.28. The summed E-state index contributed by atoms with van der Waals surface area (Å²) in [5.41, 5.74) is 0.238. The largest absolute Gasteiger partial charge is 0.480 e. The molecule has 1 amide bonds. The zero-order valence-electron chi connectivity index (χ0n) is 12.9. The van der Waals surface area contributed by atoms with Gasteiger partial charge in [-0.3, -0.25) is 4.79 Å². The van der Waals surface area contributed by atoms with Crippen molar-refractivity contribution in [3.63, 3.8) is 0 Å². The first-order valence-electron chi connectivity index (χ1n) is 7.42. The molecule has 1 aliphatic heterocycles. The fourth-order valence-electron chi connectivity index (χ4n) is 2.83. The molecule has 1 aromatic heterocycles. The van der Waals surface area contributed by atoms with Gasteiger partial charge in [0.25, 0.3) is 5.91 Å². The van der Waals surface area contributed by atoms with Crippen molar-refractivity contribution in [1.29, 1.82) is 0 Å². The van der Waals surface area contributed by atoms with Crippen molar-refractivity contribution in [2.75, 3.05) is 13.7 Å². The van der Waals surface area contributed by atoms with E-state index in [-0.39, 0.29) is 36.2 Å². The number of carbonyl (C=O) groups is 2. The van der Waals surface area contributed by atoms with E-state index in [1.54, 1.807) is 18.2 Å². The SMILES string of the molecule is COC1CC(C(=O)O)N(C(=O)c2ccc(-c3ccccc3F)o2)C1. The van der Waals surface area contributed by atoms with E-state index >= 15 is 0 Å². The zero-order chi connectivity index (χ0) is 17.3. The highest BCUT2D eigenvalue weighted by atomic mass is 19.1. The van der Waals surface area contributed by atoms with Gasteiger partial charge >= 0.3 is 5.97 Å². The molecule has 0 radical (unpaired) electrons. The number of ether oxygens (including phenoxy) is 1. The van der Waals surface area contributed by atoms with Crippen LogP contribution in [0.3, 0.4) is 0 Å². The third-order valence-electron chi connectivity index (χ3n) is 4.10. The van der Waals surface area contributed by atoms with E-state index in [2.05, 4.69) is 0 Å². The molecule has 2 atom stereocenters. The molecular weight excluding hydrogens is 317 g/mol. The minimum Gasteiger partial charge on any atom is -0.480 e. The Morgan fingerprint density at radius 3 is 2.71 bits per heavy atom. The summed E-state index contributed by atoms with van der Waals surface area (Å²) < 4.78 is 24.4. The third kappa shape index (κ3) is 2.90. The summed E-state index contributed by atoms with van der Waals surface area (Å²) >= 11 is 0. The number of hydrogen-bond acceptors (Lipinski definition) is 4. The van der Waals surface area contributed by atoms with Crippen LogP contribution in [0.4, 0.5) is 4.39 Å². The van der Waals surface area contributed by atoms with Crippen LogP contribution in [0.1, 0.15) is 17.0 Å². The summed E-state index contributed by atoms with van der Waals surface area (Å²) in [5, 5.41) is 9.28. The number of aliphatic carboxylic acids is 1. The van der Waals surface area contributed by atoms with Gasteiger partial charge in [-0.1, -0.05) is 12.1 Å². The monoisotopic (exact) mass is 333 g/mol. The van der Waals surface area contributed by atoms with Crippen LogP contribution in [-0.4, -0.2) is 47.7 Å². The number of hydrogen-bond donors (Lipinski definition) is 1. The lowest BCUT2D eigenvalue weighted by molar-refractivity contribution is -0.141. The van der Waals surface area contributed by atoms with E-state index in [9.17, 15) is 19.1 Å². The Kier molecular flexibility index (Phi) is 4.35. The summed E-state index contributed by atoms with van der Waals surface area (Å²) in [7, 11) is 1.47. The predicted molar refractivity (Wildman–Crippen MR) is 82.0 cm³/mol. The molecule has 3 rings (SSSR count). The Bertz CT molecular complexity index is 772. The topological polar surface area (TPSA) is 80.0 Å². The second-order valence-electron chi connectivity index (χ2n) is 5.55. The van der Waals surface area contributed by atoms with Crippen LogP contribution in [0, 0.1) is 5.82 Å². The molecule has 0 bridgehead atoms. The van der Waals surface area contributed by atoms with Crippen LogP contribution in [0.2, 0.25) is 0 Å². The van der Waals surface area contributed by atoms with E-state index in [0.717, 1.165) is 0 Å². The lowest BCUT2D eigenvalue weighted by atomic mass is 10.1. The number of amides is 1. The summed E-state index contributed by atoms with van der Waals surface area (Å²) in [6.07, 6.45) is -0.116. The smallest absolute Gasteiger partial charge is 0.326 e. The van der Waals surface area contributed by atoms with Gasteiger partial charge < -0.3 is 19.2 Å². The molecule has 1 aromatic carbocycles. The highest BCUT2D eigenvalue weighted by molar-refractivity contribution is 5.95. The summed E-state index contributed by atoms with van der Waals surface area (Å²) in [6.45, 7) is 0.169. The number of furan rings is 1. The Labute approximate surface area is 137 Å². The number of carboxylic acid groups (broad SMARTS) is 1. The Balaban J connectivity index is 1.86. The summed E-state index contributed by atoms with van der Waals surface area (Å²) in [5.74, 6) is -1.93. The number of nitrogens with zero attached hydrogens (tertiary/aromatic N) is 1. The molecule has 2 aromatic rings. The van der Waals surface area contributed by atoms with Gasteiger partial charge in [0.15, 0.2) is 5.76 Å². The van der Waals surface area contributed by atoms with E-state index in [0.29, 0.717) is 0 Å². The van der Waals surface area contributed by atoms with Gasteiger partial charge in [0.1, 0.15) is 17.6 Å². The van der Waals surface area contributed by atoms with Gasteiger partial charge in [0.2, 0.25) is 0 Å². The van der Waals surface area contributed by atoms with Gasteiger partial charge in [0, 0.05) is 20.1 Å². The van der Waals surface area contributed by atoms with Crippen molar-refractivity contribution in [2.24, 2.45) is 0 Å². The van der Waals surface area contributed by atoms with E-state index in [4.69, 9.17) is 9.15 Å². The fourth-order valence-corrected chi connectivity index (χ4v) is 2.83. The van der Waals surface area contributed by atoms with Gasteiger partial charge in [-0.15, -0.1) is 0 Å². The molecule has 6 nitrogen and oxygen atoms in total. The second kappa shape index (κ2) is 6.45. The van der Waals surface area contributed by atoms with Crippen molar-refractivity contribution in [1.82, 2.24) is 4.90 Å². The Hall–Kier alpha value is -2.67. The standard InChI is InChI=1S/C17H16FNO5/c1-23-10-8-13(17(21)22)19(9-10)16(20)15-7-6-14(24-15)11-4-2-3-5-12(11)18/h2-7,10,13H,8-9H2,1H3,(H,21,22). The molecule has 0 saturated carbocycles. The van der Waals surface area contributed by atoms with Crippen molar-refractivity contribution >= 4 is 11.9 Å². The lowest BCUT2D eigenvalue weighted by Gasteiger charge is -2.19. The van der Waals surface area contributed by atoms with Crippen molar-refractivity contribution < 1.29 is 28.2 Å². The maximum Gasteiger partial charge on any atom is 0.326 e. The molecule has 1 fully saturated rings. The number of benzene rings is 1. The molecule has 0 spiro atoms. The maximum atomic E-state index is 13.8. The lowest BCUT2D eigenvalue weighted by Crippen LogP contribution is -2.40. The van der Waals surface area contributed by atoms with E-state index in [1.807, 2.05) is 0 Å². The minimum atomic E-state index is -1.09. The summed E-state index contributed by atoms with van der Waals surface area (Å²) in [6, 6.07) is 7.99. The van der Waals surface area contributed by atoms with Crippen molar-refractivity contribution in [3.05, 3.63) is 48.0 Å². The zero-order valence-corrected chi connectivity index (χ0v) is 12.9. The maximum absolute atomic E-state index is 13.8. The fraction of sp³-hybridized carbons (Fsp3) is 0.294. The second-order valence-corrected chi connectivity index (χ2v) is 5.55. The molecule has 2 unspecified atom stereocenters. The first-order valence-corrected chi connectivity index (χ1v) is 7.42. The van der Waals surface area contributed by atoms with Gasteiger partial charge in [-0.2, -0.15) is 0 Å².